The number of hydrogen-bond donors (Lipinski definition) is 1. The molecule has 1 aromatic rings. The Balaban J connectivity index is 1.87. The zero-order valence-corrected chi connectivity index (χ0v) is 13.6. The fourth-order valence-electron chi connectivity index (χ4n) is 3.22. The molecular formula is C16H22BrNO2. The Morgan fingerprint density at radius 3 is 2.85 bits per heavy atom. The van der Waals surface area contributed by atoms with Gasteiger partial charge in [-0.2, -0.15) is 0 Å². The molecular weight excluding hydrogens is 318 g/mol. The molecule has 0 amide bonds. The molecule has 0 aliphatic carbocycles. The zero-order valence-electron chi connectivity index (χ0n) is 12.0. The second kappa shape index (κ2) is 5.94. The number of hydrogen-bond acceptors (Lipinski definition) is 3. The van der Waals surface area contributed by atoms with E-state index in [2.05, 4.69) is 40.3 Å². The number of halogens is 1. The molecule has 20 heavy (non-hydrogen) atoms. The van der Waals surface area contributed by atoms with E-state index >= 15 is 0 Å². The van der Waals surface area contributed by atoms with Crippen molar-refractivity contribution in [3.8, 4) is 11.5 Å². The average molecular weight is 340 g/mol. The first-order valence-corrected chi connectivity index (χ1v) is 8.35. The van der Waals surface area contributed by atoms with Crippen LogP contribution in [-0.2, 0) is 6.42 Å². The number of ether oxygens (including phenoxy) is 2. The third-order valence-electron chi connectivity index (χ3n) is 4.41. The van der Waals surface area contributed by atoms with E-state index in [4.69, 9.17) is 9.47 Å². The van der Waals surface area contributed by atoms with Crippen LogP contribution in [0.15, 0.2) is 16.6 Å². The van der Waals surface area contributed by atoms with Crippen molar-refractivity contribution >= 4 is 15.9 Å². The van der Waals surface area contributed by atoms with Crippen molar-refractivity contribution in [2.24, 2.45) is 0 Å². The Bertz CT molecular complexity index is 484. The van der Waals surface area contributed by atoms with Crippen LogP contribution in [0.25, 0.3) is 0 Å². The fraction of sp³-hybridized carbons (Fsp3) is 0.625. The largest absolute Gasteiger partial charge is 0.490 e. The number of fused-ring (bicyclic) bond motifs is 1. The number of rotatable bonds is 3. The second-order valence-corrected chi connectivity index (χ2v) is 6.65. The first-order chi connectivity index (χ1) is 9.72. The van der Waals surface area contributed by atoms with Gasteiger partial charge in [-0.25, -0.2) is 0 Å². The molecule has 0 spiro atoms. The van der Waals surface area contributed by atoms with Gasteiger partial charge < -0.3 is 14.8 Å². The van der Waals surface area contributed by atoms with E-state index in [-0.39, 0.29) is 5.54 Å². The van der Waals surface area contributed by atoms with Crippen molar-refractivity contribution in [1.82, 2.24) is 5.32 Å². The molecule has 2 aliphatic rings. The summed E-state index contributed by atoms with van der Waals surface area (Å²) in [5, 5.41) is 3.69. The van der Waals surface area contributed by atoms with Crippen LogP contribution in [0.2, 0.25) is 0 Å². The lowest BCUT2D eigenvalue weighted by molar-refractivity contribution is 0.296. The maximum atomic E-state index is 5.83. The maximum absolute atomic E-state index is 5.83. The van der Waals surface area contributed by atoms with E-state index in [1.807, 2.05) is 0 Å². The lowest BCUT2D eigenvalue weighted by Crippen LogP contribution is -2.41. The molecule has 1 N–H and O–H groups in total. The molecule has 1 saturated heterocycles. The van der Waals surface area contributed by atoms with Gasteiger partial charge in [0.1, 0.15) is 0 Å². The van der Waals surface area contributed by atoms with Gasteiger partial charge in [-0.15, -0.1) is 0 Å². The Labute approximate surface area is 129 Å². The third-order valence-corrected chi connectivity index (χ3v) is 5.00. The average Bonchev–Trinajstić information content (AvgIpc) is 2.77. The van der Waals surface area contributed by atoms with E-state index < -0.39 is 0 Å². The maximum Gasteiger partial charge on any atom is 0.175 e. The summed E-state index contributed by atoms with van der Waals surface area (Å²) >= 11 is 3.63. The van der Waals surface area contributed by atoms with Gasteiger partial charge in [-0.05, 0) is 65.9 Å². The molecule has 0 radical (unpaired) electrons. The van der Waals surface area contributed by atoms with Crippen LogP contribution in [0.4, 0.5) is 0 Å². The van der Waals surface area contributed by atoms with Gasteiger partial charge in [0.25, 0.3) is 0 Å². The highest BCUT2D eigenvalue weighted by atomic mass is 79.9. The topological polar surface area (TPSA) is 30.5 Å². The van der Waals surface area contributed by atoms with Gasteiger partial charge in [0.15, 0.2) is 11.5 Å². The summed E-state index contributed by atoms with van der Waals surface area (Å²) in [7, 11) is 0. The fourth-order valence-corrected chi connectivity index (χ4v) is 3.83. The summed E-state index contributed by atoms with van der Waals surface area (Å²) in [5.74, 6) is 1.74. The molecule has 0 bridgehead atoms. The summed E-state index contributed by atoms with van der Waals surface area (Å²) < 4.78 is 12.6. The molecule has 1 aromatic carbocycles. The van der Waals surface area contributed by atoms with Crippen molar-refractivity contribution in [2.75, 3.05) is 19.8 Å². The van der Waals surface area contributed by atoms with Crippen molar-refractivity contribution in [3.63, 3.8) is 0 Å². The second-order valence-electron chi connectivity index (χ2n) is 5.80. The van der Waals surface area contributed by atoms with Crippen LogP contribution >= 0.6 is 15.9 Å². The van der Waals surface area contributed by atoms with E-state index in [0.29, 0.717) is 0 Å². The predicted octanol–water partition coefficient (Wildman–Crippen LogP) is 3.69. The van der Waals surface area contributed by atoms with Gasteiger partial charge in [0, 0.05) is 12.0 Å². The predicted molar refractivity (Wildman–Crippen MR) is 83.7 cm³/mol. The van der Waals surface area contributed by atoms with Crippen LogP contribution in [0.5, 0.6) is 11.5 Å². The highest BCUT2D eigenvalue weighted by Crippen LogP contribution is 2.39. The minimum absolute atomic E-state index is 0.263. The monoisotopic (exact) mass is 339 g/mol. The summed E-state index contributed by atoms with van der Waals surface area (Å²) in [6.45, 7) is 4.88. The molecule has 0 saturated carbocycles. The molecule has 2 aliphatic heterocycles. The van der Waals surface area contributed by atoms with Crippen molar-refractivity contribution in [1.29, 1.82) is 0 Å². The van der Waals surface area contributed by atoms with Crippen LogP contribution in [0, 0.1) is 0 Å². The number of nitrogens with one attached hydrogen (secondary N) is 1. The van der Waals surface area contributed by atoms with Crippen molar-refractivity contribution in [3.05, 3.63) is 22.2 Å². The Kier molecular flexibility index (Phi) is 4.22. The normalized spacial score (nSPS) is 25.5. The summed E-state index contributed by atoms with van der Waals surface area (Å²) in [6.07, 6.45) is 5.70. The molecule has 3 nitrogen and oxygen atoms in total. The van der Waals surface area contributed by atoms with Crippen LogP contribution in [-0.4, -0.2) is 25.3 Å². The highest BCUT2D eigenvalue weighted by Gasteiger charge is 2.32. The molecule has 110 valence electrons. The smallest absolute Gasteiger partial charge is 0.175 e. The SMILES string of the molecule is CCC1(Cc2cc(Br)c3c(c2)OCCCO3)CCCN1. The summed E-state index contributed by atoms with van der Waals surface area (Å²) in [4.78, 5) is 0. The Hall–Kier alpha value is -0.740. The Morgan fingerprint density at radius 2 is 2.10 bits per heavy atom. The van der Waals surface area contributed by atoms with Gasteiger partial charge in [-0.3, -0.25) is 0 Å². The molecule has 2 heterocycles. The summed E-state index contributed by atoms with van der Waals surface area (Å²) in [6, 6.07) is 4.34. The molecule has 0 aromatic heterocycles. The zero-order chi connectivity index (χ0) is 14.0. The highest BCUT2D eigenvalue weighted by molar-refractivity contribution is 9.10. The van der Waals surface area contributed by atoms with Crippen LogP contribution in [0.3, 0.4) is 0 Å². The van der Waals surface area contributed by atoms with Crippen LogP contribution in [0.1, 0.15) is 38.2 Å². The first kappa shape index (κ1) is 14.2. The Morgan fingerprint density at radius 1 is 1.25 bits per heavy atom. The van der Waals surface area contributed by atoms with Crippen molar-refractivity contribution < 1.29 is 9.47 Å². The molecule has 4 heteroatoms. The third kappa shape index (κ3) is 2.82. The summed E-state index contributed by atoms with van der Waals surface area (Å²) in [5.41, 5.74) is 1.58. The van der Waals surface area contributed by atoms with Gasteiger partial charge in [0.2, 0.25) is 0 Å². The minimum Gasteiger partial charge on any atom is -0.490 e. The standard InChI is InChI=1S/C16H22BrNO2/c1-2-16(5-3-6-18-16)11-12-9-13(17)15-14(10-12)19-7-4-8-20-15/h9-10,18H,2-8,11H2,1H3. The van der Waals surface area contributed by atoms with Gasteiger partial charge in [0.05, 0.1) is 17.7 Å². The minimum atomic E-state index is 0.263. The lowest BCUT2D eigenvalue weighted by Gasteiger charge is -2.28. The van der Waals surface area contributed by atoms with E-state index in [0.717, 1.165) is 48.6 Å². The van der Waals surface area contributed by atoms with E-state index in [1.165, 1.54) is 24.8 Å². The number of benzene rings is 1. The van der Waals surface area contributed by atoms with Gasteiger partial charge in [-0.1, -0.05) is 6.92 Å². The van der Waals surface area contributed by atoms with Gasteiger partial charge >= 0.3 is 0 Å². The lowest BCUT2D eigenvalue weighted by atomic mass is 9.87. The molecule has 1 fully saturated rings. The molecule has 1 atom stereocenters. The van der Waals surface area contributed by atoms with Crippen LogP contribution < -0.4 is 14.8 Å². The van der Waals surface area contributed by atoms with E-state index in [9.17, 15) is 0 Å². The van der Waals surface area contributed by atoms with Crippen molar-refractivity contribution in [2.45, 2.75) is 44.6 Å². The van der Waals surface area contributed by atoms with E-state index in [1.54, 1.807) is 0 Å². The molecule has 1 unspecified atom stereocenters. The molecule has 3 rings (SSSR count). The quantitative estimate of drug-likeness (QED) is 0.910. The first-order valence-electron chi connectivity index (χ1n) is 7.55.